The number of methoxy groups -OCH3 is 1. The molecule has 1 aliphatic heterocycles. The molecule has 0 aromatic heterocycles. The van der Waals surface area contributed by atoms with Crippen molar-refractivity contribution in [1.82, 2.24) is 20.9 Å². The molecule has 0 spiro atoms. The summed E-state index contributed by atoms with van der Waals surface area (Å²) in [6.07, 6.45) is -5.81. The van der Waals surface area contributed by atoms with E-state index in [2.05, 4.69) is 20.7 Å². The van der Waals surface area contributed by atoms with Crippen molar-refractivity contribution in [1.29, 1.82) is 0 Å². The van der Waals surface area contributed by atoms with Crippen LogP contribution in [0.3, 0.4) is 0 Å². The molecule has 10 nitrogen and oxygen atoms in total. The lowest BCUT2D eigenvalue weighted by Crippen LogP contribution is -2.44. The highest BCUT2D eigenvalue weighted by Gasteiger charge is 2.37. The number of carbonyl (C=O) groups excluding carboxylic acids is 1. The first-order valence-electron chi connectivity index (χ1n) is 11.3. The van der Waals surface area contributed by atoms with Crippen LogP contribution in [0.2, 0.25) is 0 Å². The number of halogens is 3. The molecular formula is C24H29F3N4O6. The summed E-state index contributed by atoms with van der Waals surface area (Å²) in [5, 5.41) is 17.6. The molecule has 1 amide bonds. The maximum absolute atomic E-state index is 13.2. The minimum Gasteiger partial charge on any atom is -0.497 e. The van der Waals surface area contributed by atoms with Gasteiger partial charge in [-0.15, -0.1) is 13.2 Å². The third kappa shape index (κ3) is 8.08. The Labute approximate surface area is 211 Å². The molecule has 1 aliphatic rings. The third-order valence-corrected chi connectivity index (χ3v) is 5.08. The summed E-state index contributed by atoms with van der Waals surface area (Å²) < 4.78 is 58.5. The van der Waals surface area contributed by atoms with Crippen molar-refractivity contribution in [2.24, 2.45) is 0 Å². The molecule has 0 aliphatic carbocycles. The minimum atomic E-state index is -4.85. The van der Waals surface area contributed by atoms with Gasteiger partial charge in [-0.2, -0.15) is 0 Å². The number of nitrogens with zero attached hydrogens (tertiary/aromatic N) is 1. The van der Waals surface area contributed by atoms with Crippen LogP contribution in [-0.2, 0) is 16.1 Å². The lowest BCUT2D eigenvalue weighted by atomic mass is 10.2. The van der Waals surface area contributed by atoms with Crippen molar-refractivity contribution in [3.8, 4) is 17.2 Å². The van der Waals surface area contributed by atoms with Gasteiger partial charge in [0.2, 0.25) is 0 Å². The molecule has 2 aromatic carbocycles. The molecule has 13 heteroatoms. The first kappa shape index (κ1) is 27.7. The minimum absolute atomic E-state index is 0.0874. The van der Waals surface area contributed by atoms with Gasteiger partial charge in [-0.05, 0) is 29.8 Å². The topological polar surface area (TPSA) is 114 Å². The Kier molecular flexibility index (Phi) is 9.69. The molecule has 2 aromatic rings. The Morgan fingerprint density at radius 3 is 2.54 bits per heavy atom. The van der Waals surface area contributed by atoms with Gasteiger partial charge in [0, 0.05) is 26.2 Å². The summed E-state index contributed by atoms with van der Waals surface area (Å²) >= 11 is 0. The number of carbonyl (C=O) groups is 1. The van der Waals surface area contributed by atoms with Gasteiger partial charge in [-0.1, -0.05) is 18.2 Å². The van der Waals surface area contributed by atoms with E-state index in [1.807, 2.05) is 6.07 Å². The summed E-state index contributed by atoms with van der Waals surface area (Å²) in [6, 6.07) is 12.3. The SMILES string of the molecule is CNC1=C(C(=O)NCCOCCO)N(Cc2cccc(OC)c2)C(Oc2cccc(OC(F)(F)F)c2)N1. The zero-order chi connectivity index (χ0) is 26.8. The van der Waals surface area contributed by atoms with Crippen LogP contribution in [0.5, 0.6) is 17.2 Å². The average Bonchev–Trinajstić information content (AvgIpc) is 3.19. The fourth-order valence-electron chi connectivity index (χ4n) is 3.55. The van der Waals surface area contributed by atoms with Gasteiger partial charge in [-0.3, -0.25) is 4.79 Å². The molecule has 1 atom stereocenters. The van der Waals surface area contributed by atoms with E-state index in [1.54, 1.807) is 30.1 Å². The normalized spacial score (nSPS) is 15.3. The second-order valence-corrected chi connectivity index (χ2v) is 7.68. The maximum Gasteiger partial charge on any atom is 0.573 e. The number of aliphatic hydroxyl groups is 1. The summed E-state index contributed by atoms with van der Waals surface area (Å²) in [4.78, 5) is 14.8. The highest BCUT2D eigenvalue weighted by atomic mass is 19.4. The first-order valence-corrected chi connectivity index (χ1v) is 11.3. The number of rotatable bonds is 13. The van der Waals surface area contributed by atoms with Crippen LogP contribution >= 0.6 is 0 Å². The average molecular weight is 527 g/mol. The molecule has 37 heavy (non-hydrogen) atoms. The monoisotopic (exact) mass is 526 g/mol. The predicted octanol–water partition coefficient (Wildman–Crippen LogP) is 1.88. The van der Waals surface area contributed by atoms with E-state index in [4.69, 9.17) is 19.3 Å². The third-order valence-electron chi connectivity index (χ3n) is 5.08. The molecule has 0 saturated carbocycles. The largest absolute Gasteiger partial charge is 0.573 e. The van der Waals surface area contributed by atoms with Crippen molar-refractivity contribution in [3.63, 3.8) is 0 Å². The van der Waals surface area contributed by atoms with E-state index in [9.17, 15) is 18.0 Å². The number of hydrogen-bond donors (Lipinski definition) is 4. The van der Waals surface area contributed by atoms with Crippen LogP contribution < -0.4 is 30.2 Å². The van der Waals surface area contributed by atoms with Gasteiger partial charge in [0.25, 0.3) is 12.3 Å². The Hall–Kier alpha value is -3.84. The van der Waals surface area contributed by atoms with Crippen LogP contribution in [0.4, 0.5) is 13.2 Å². The number of aliphatic hydroxyl groups excluding tert-OH is 1. The molecule has 0 fully saturated rings. The highest BCUT2D eigenvalue weighted by molar-refractivity contribution is 5.94. The number of benzene rings is 2. The van der Waals surface area contributed by atoms with Gasteiger partial charge in [-0.25, -0.2) is 0 Å². The smallest absolute Gasteiger partial charge is 0.497 e. The van der Waals surface area contributed by atoms with Gasteiger partial charge < -0.3 is 44.9 Å². The molecule has 1 unspecified atom stereocenters. The van der Waals surface area contributed by atoms with Gasteiger partial charge in [0.1, 0.15) is 28.8 Å². The summed E-state index contributed by atoms with van der Waals surface area (Å²) in [5.41, 5.74) is 1.01. The Morgan fingerprint density at radius 2 is 1.84 bits per heavy atom. The number of amides is 1. The molecule has 4 N–H and O–H groups in total. The van der Waals surface area contributed by atoms with Gasteiger partial charge in [0.05, 0.1) is 26.9 Å². The van der Waals surface area contributed by atoms with Crippen molar-refractivity contribution in [2.75, 3.05) is 40.5 Å². The van der Waals surface area contributed by atoms with Crippen molar-refractivity contribution in [2.45, 2.75) is 19.3 Å². The fourth-order valence-corrected chi connectivity index (χ4v) is 3.55. The molecule has 0 radical (unpaired) electrons. The van der Waals surface area contributed by atoms with Crippen LogP contribution in [-0.4, -0.2) is 69.2 Å². The van der Waals surface area contributed by atoms with Crippen LogP contribution in [0.15, 0.2) is 60.0 Å². The summed E-state index contributed by atoms with van der Waals surface area (Å²) in [6.45, 7) is 0.604. The molecule has 0 saturated heterocycles. The summed E-state index contributed by atoms with van der Waals surface area (Å²) in [5.74, 6) is 0.176. The van der Waals surface area contributed by atoms with E-state index in [1.165, 1.54) is 19.2 Å². The molecule has 3 rings (SSSR count). The lowest BCUT2D eigenvalue weighted by molar-refractivity contribution is -0.274. The maximum atomic E-state index is 13.2. The lowest BCUT2D eigenvalue weighted by Gasteiger charge is -2.28. The number of hydrogen-bond acceptors (Lipinski definition) is 9. The Balaban J connectivity index is 1.85. The van der Waals surface area contributed by atoms with Gasteiger partial charge >= 0.3 is 6.36 Å². The summed E-state index contributed by atoms with van der Waals surface area (Å²) in [7, 11) is 3.15. The van der Waals surface area contributed by atoms with Crippen molar-refractivity contribution < 1.29 is 42.0 Å². The van der Waals surface area contributed by atoms with E-state index < -0.39 is 24.4 Å². The molecule has 202 valence electrons. The molecular weight excluding hydrogens is 497 g/mol. The molecule has 0 bridgehead atoms. The van der Waals surface area contributed by atoms with Gasteiger partial charge in [0.15, 0.2) is 0 Å². The second-order valence-electron chi connectivity index (χ2n) is 7.68. The van der Waals surface area contributed by atoms with E-state index in [0.29, 0.717) is 11.6 Å². The standard InChI is InChI=1S/C24H29F3N4O6/c1-28-21-20(22(33)29-9-11-35-12-10-32)31(15-16-5-3-6-17(13-16)34-2)23(30-21)36-18-7-4-8-19(14-18)37-24(25,26)27/h3-8,13-14,23,28,30,32H,9-12,15H2,1-2H3,(H,29,33). The second kappa shape index (κ2) is 12.9. The number of nitrogens with one attached hydrogen (secondary N) is 3. The number of ether oxygens (including phenoxy) is 4. The fraction of sp³-hybridized carbons (Fsp3) is 0.375. The highest BCUT2D eigenvalue weighted by Crippen LogP contribution is 2.29. The van der Waals surface area contributed by atoms with Crippen LogP contribution in [0.25, 0.3) is 0 Å². The Morgan fingerprint density at radius 1 is 1.11 bits per heavy atom. The zero-order valence-electron chi connectivity index (χ0n) is 20.3. The molecule has 1 heterocycles. The van der Waals surface area contributed by atoms with E-state index >= 15 is 0 Å². The quantitative estimate of drug-likeness (QED) is 0.291. The Bertz CT molecular complexity index is 1080. The number of alkyl halides is 3. The van der Waals surface area contributed by atoms with Crippen LogP contribution in [0.1, 0.15) is 5.56 Å². The zero-order valence-corrected chi connectivity index (χ0v) is 20.3. The van der Waals surface area contributed by atoms with Crippen molar-refractivity contribution >= 4 is 5.91 Å². The van der Waals surface area contributed by atoms with Crippen molar-refractivity contribution in [3.05, 3.63) is 65.6 Å². The first-order chi connectivity index (χ1) is 17.7. The van der Waals surface area contributed by atoms with E-state index in [0.717, 1.165) is 17.7 Å². The van der Waals surface area contributed by atoms with Crippen LogP contribution in [0, 0.1) is 0 Å². The predicted molar refractivity (Wildman–Crippen MR) is 126 cm³/mol. The van der Waals surface area contributed by atoms with E-state index in [-0.39, 0.29) is 44.4 Å².